The fraction of sp³-hybridized carbons (Fsp3) is 0.0769. The molecule has 2 aromatic rings. The summed E-state index contributed by atoms with van der Waals surface area (Å²) in [6.45, 7) is 5.96. The molecule has 0 atom stereocenters. The summed E-state index contributed by atoms with van der Waals surface area (Å²) in [6.07, 6.45) is 0. The molecule has 0 saturated carbocycles. The van der Waals surface area contributed by atoms with E-state index in [4.69, 9.17) is 11.6 Å². The zero-order valence-electron chi connectivity index (χ0n) is 8.05. The van der Waals surface area contributed by atoms with Crippen molar-refractivity contribution >= 4 is 27.9 Å². The summed E-state index contributed by atoms with van der Waals surface area (Å²) in [5.74, 6) is 0. The Morgan fingerprint density at radius 1 is 1.14 bits per heavy atom. The topological polar surface area (TPSA) is 0 Å². The van der Waals surface area contributed by atoms with Gasteiger partial charge in [-0.1, -0.05) is 54.1 Å². The lowest BCUT2D eigenvalue weighted by atomic mass is 10.0. The van der Waals surface area contributed by atoms with Crippen LogP contribution in [0.4, 0.5) is 0 Å². The molecule has 0 aliphatic rings. The number of rotatable bonds is 1. The van der Waals surface area contributed by atoms with E-state index < -0.39 is 0 Å². The molecule has 0 fully saturated rings. The van der Waals surface area contributed by atoms with Gasteiger partial charge >= 0.3 is 0 Å². The van der Waals surface area contributed by atoms with Crippen molar-refractivity contribution in [1.82, 2.24) is 0 Å². The Kier molecular flexibility index (Phi) is 2.30. The molecule has 2 aromatic carbocycles. The van der Waals surface area contributed by atoms with E-state index >= 15 is 0 Å². The molecule has 0 aromatic heterocycles. The molecule has 0 amide bonds. The zero-order chi connectivity index (χ0) is 10.1. The van der Waals surface area contributed by atoms with E-state index in [-0.39, 0.29) is 0 Å². The first-order chi connectivity index (χ1) is 6.70. The highest BCUT2D eigenvalue weighted by Gasteiger charge is 2.04. The Balaban J connectivity index is 2.91. The SMILES string of the molecule is C=C(C)c1cccc2cccc(Cl)c12. The Morgan fingerprint density at radius 2 is 1.79 bits per heavy atom. The zero-order valence-corrected chi connectivity index (χ0v) is 8.81. The standard InChI is InChI=1S/C13H11Cl/c1-9(2)11-7-3-5-10-6-4-8-12(14)13(10)11/h3-8H,1H2,2H3. The van der Waals surface area contributed by atoms with Gasteiger partial charge in [0.15, 0.2) is 0 Å². The highest BCUT2D eigenvalue weighted by molar-refractivity contribution is 6.36. The van der Waals surface area contributed by atoms with Crippen LogP contribution in [0.3, 0.4) is 0 Å². The maximum atomic E-state index is 6.17. The maximum Gasteiger partial charge on any atom is 0.0490 e. The summed E-state index contributed by atoms with van der Waals surface area (Å²) in [4.78, 5) is 0. The molecule has 0 nitrogen and oxygen atoms in total. The van der Waals surface area contributed by atoms with Crippen molar-refractivity contribution in [2.45, 2.75) is 6.92 Å². The van der Waals surface area contributed by atoms with Gasteiger partial charge in [-0.15, -0.1) is 0 Å². The minimum absolute atomic E-state index is 0.793. The lowest BCUT2D eigenvalue weighted by Gasteiger charge is -2.07. The lowest BCUT2D eigenvalue weighted by molar-refractivity contribution is 1.63. The molecule has 70 valence electrons. The summed E-state index contributed by atoms with van der Waals surface area (Å²) in [6, 6.07) is 12.1. The van der Waals surface area contributed by atoms with Gasteiger partial charge in [-0.05, 0) is 23.9 Å². The first-order valence-corrected chi connectivity index (χ1v) is 4.91. The third-order valence-corrected chi connectivity index (χ3v) is 2.63. The van der Waals surface area contributed by atoms with E-state index in [1.807, 2.05) is 25.1 Å². The predicted octanol–water partition coefficient (Wildman–Crippen LogP) is 4.53. The van der Waals surface area contributed by atoms with E-state index in [0.717, 1.165) is 26.9 Å². The quantitative estimate of drug-likeness (QED) is 0.638. The van der Waals surface area contributed by atoms with Gasteiger partial charge in [0.2, 0.25) is 0 Å². The Morgan fingerprint density at radius 3 is 2.43 bits per heavy atom. The minimum atomic E-state index is 0.793. The van der Waals surface area contributed by atoms with Crippen molar-refractivity contribution < 1.29 is 0 Å². The highest BCUT2D eigenvalue weighted by Crippen LogP contribution is 2.29. The largest absolute Gasteiger partial charge is 0.0955 e. The molecule has 0 saturated heterocycles. The van der Waals surface area contributed by atoms with Gasteiger partial charge in [-0.2, -0.15) is 0 Å². The average Bonchev–Trinajstić information content (AvgIpc) is 2.17. The van der Waals surface area contributed by atoms with Crippen molar-refractivity contribution in [3.05, 3.63) is 53.6 Å². The number of halogens is 1. The van der Waals surface area contributed by atoms with Crippen LogP contribution in [0, 0.1) is 0 Å². The van der Waals surface area contributed by atoms with Crippen molar-refractivity contribution in [2.24, 2.45) is 0 Å². The second kappa shape index (κ2) is 3.47. The third-order valence-electron chi connectivity index (χ3n) is 2.31. The van der Waals surface area contributed by atoms with E-state index in [1.54, 1.807) is 0 Å². The summed E-state index contributed by atoms with van der Waals surface area (Å²) in [7, 11) is 0. The lowest BCUT2D eigenvalue weighted by Crippen LogP contribution is -1.82. The van der Waals surface area contributed by atoms with Crippen LogP contribution in [0.15, 0.2) is 43.0 Å². The van der Waals surface area contributed by atoms with Gasteiger partial charge in [-0.3, -0.25) is 0 Å². The molecule has 0 radical (unpaired) electrons. The van der Waals surface area contributed by atoms with Crippen LogP contribution in [-0.2, 0) is 0 Å². The molecule has 1 heteroatoms. The number of hydrogen-bond acceptors (Lipinski definition) is 0. The van der Waals surface area contributed by atoms with Gasteiger partial charge in [0.1, 0.15) is 0 Å². The molecule has 0 bridgehead atoms. The Bertz CT molecular complexity index is 492. The Labute approximate surface area is 88.8 Å². The molecular formula is C13H11Cl. The second-order valence-corrected chi connectivity index (χ2v) is 3.83. The summed E-state index contributed by atoms with van der Waals surface area (Å²) in [5.41, 5.74) is 2.18. The van der Waals surface area contributed by atoms with Crippen molar-refractivity contribution in [3.8, 4) is 0 Å². The molecule has 0 aliphatic heterocycles. The number of hydrogen-bond donors (Lipinski definition) is 0. The van der Waals surface area contributed by atoms with Crippen LogP contribution in [0.5, 0.6) is 0 Å². The third kappa shape index (κ3) is 1.42. The summed E-state index contributed by atoms with van der Waals surface area (Å²) >= 11 is 6.17. The van der Waals surface area contributed by atoms with Crippen LogP contribution in [0.2, 0.25) is 5.02 Å². The van der Waals surface area contributed by atoms with Gasteiger partial charge in [0.25, 0.3) is 0 Å². The molecule has 0 N–H and O–H groups in total. The summed E-state index contributed by atoms with van der Waals surface area (Å²) in [5, 5.41) is 3.06. The van der Waals surface area contributed by atoms with Crippen molar-refractivity contribution in [3.63, 3.8) is 0 Å². The molecule has 14 heavy (non-hydrogen) atoms. The van der Waals surface area contributed by atoms with Crippen LogP contribution in [0.1, 0.15) is 12.5 Å². The van der Waals surface area contributed by atoms with Crippen LogP contribution in [-0.4, -0.2) is 0 Å². The fourth-order valence-corrected chi connectivity index (χ4v) is 1.93. The number of fused-ring (bicyclic) bond motifs is 1. The van der Waals surface area contributed by atoms with Gasteiger partial charge in [-0.25, -0.2) is 0 Å². The molecule has 2 rings (SSSR count). The first-order valence-electron chi connectivity index (χ1n) is 4.53. The van der Waals surface area contributed by atoms with E-state index in [9.17, 15) is 0 Å². The monoisotopic (exact) mass is 202 g/mol. The van der Waals surface area contributed by atoms with Crippen LogP contribution >= 0.6 is 11.6 Å². The molecule has 0 unspecified atom stereocenters. The smallest absolute Gasteiger partial charge is 0.0490 e. The van der Waals surface area contributed by atoms with Crippen molar-refractivity contribution in [2.75, 3.05) is 0 Å². The molecule has 0 spiro atoms. The molecule has 0 aliphatic carbocycles. The fourth-order valence-electron chi connectivity index (χ4n) is 1.65. The first kappa shape index (κ1) is 9.29. The Hall–Kier alpha value is -1.27. The van der Waals surface area contributed by atoms with Gasteiger partial charge in [0.05, 0.1) is 0 Å². The highest BCUT2D eigenvalue weighted by atomic mass is 35.5. The van der Waals surface area contributed by atoms with E-state index in [2.05, 4.69) is 24.8 Å². The van der Waals surface area contributed by atoms with Gasteiger partial charge in [0, 0.05) is 10.4 Å². The maximum absolute atomic E-state index is 6.17. The van der Waals surface area contributed by atoms with Crippen LogP contribution < -0.4 is 0 Å². The summed E-state index contributed by atoms with van der Waals surface area (Å²) < 4.78 is 0. The average molecular weight is 203 g/mol. The van der Waals surface area contributed by atoms with E-state index in [1.165, 1.54) is 0 Å². The number of allylic oxidation sites excluding steroid dienone is 1. The second-order valence-electron chi connectivity index (χ2n) is 3.42. The predicted molar refractivity (Wildman–Crippen MR) is 63.7 cm³/mol. The van der Waals surface area contributed by atoms with Crippen LogP contribution in [0.25, 0.3) is 16.3 Å². The minimum Gasteiger partial charge on any atom is -0.0955 e. The van der Waals surface area contributed by atoms with E-state index in [0.29, 0.717) is 0 Å². The molecule has 0 heterocycles. The van der Waals surface area contributed by atoms with Gasteiger partial charge < -0.3 is 0 Å². The van der Waals surface area contributed by atoms with Crippen molar-refractivity contribution in [1.29, 1.82) is 0 Å². The number of benzene rings is 2. The molecular weight excluding hydrogens is 192 g/mol. The normalized spacial score (nSPS) is 10.4.